The summed E-state index contributed by atoms with van der Waals surface area (Å²) in [7, 11) is 2.91. The van der Waals surface area contributed by atoms with E-state index >= 15 is 0 Å². The first-order chi connectivity index (χ1) is 10.1. The third kappa shape index (κ3) is 5.04. The predicted octanol–water partition coefficient (Wildman–Crippen LogP) is 4.01. The zero-order valence-corrected chi connectivity index (χ0v) is 14.9. The molecule has 1 rings (SSSR count). The van der Waals surface area contributed by atoms with Crippen molar-refractivity contribution < 1.29 is 14.3 Å². The highest BCUT2D eigenvalue weighted by atomic mass is 35.5. The smallest absolute Gasteiger partial charge is 0.221 e. The standard InChI is InChI=1S/C15H19ClO3S2/c1-18-14(19-2)13(17)11(15(20-3)21-4)9-10-7-5-6-8-12(10)16/h5-8,14H,9H2,1-4H3. The maximum Gasteiger partial charge on any atom is 0.221 e. The number of carbonyl (C=O) groups is 1. The van der Waals surface area contributed by atoms with Crippen molar-refractivity contribution in [2.75, 3.05) is 26.7 Å². The molecule has 0 saturated heterocycles. The maximum absolute atomic E-state index is 12.6. The second kappa shape index (κ2) is 9.54. The van der Waals surface area contributed by atoms with Crippen LogP contribution in [0.4, 0.5) is 0 Å². The fourth-order valence-electron chi connectivity index (χ4n) is 1.87. The largest absolute Gasteiger partial charge is 0.349 e. The number of methoxy groups -OCH3 is 2. The Labute approximate surface area is 139 Å². The first-order valence-electron chi connectivity index (χ1n) is 6.23. The van der Waals surface area contributed by atoms with Crippen LogP contribution >= 0.6 is 35.1 Å². The number of benzene rings is 1. The number of thioether (sulfide) groups is 2. The Morgan fingerprint density at radius 2 is 1.76 bits per heavy atom. The van der Waals surface area contributed by atoms with Crippen molar-refractivity contribution in [2.45, 2.75) is 12.7 Å². The summed E-state index contributed by atoms with van der Waals surface area (Å²) in [5, 5.41) is 0.649. The second-order valence-electron chi connectivity index (χ2n) is 4.11. The summed E-state index contributed by atoms with van der Waals surface area (Å²) in [4.78, 5) is 12.6. The summed E-state index contributed by atoms with van der Waals surface area (Å²) < 4.78 is 11.1. The lowest BCUT2D eigenvalue weighted by atomic mass is 10.0. The third-order valence-electron chi connectivity index (χ3n) is 2.88. The molecule has 0 fully saturated rings. The molecule has 3 nitrogen and oxygen atoms in total. The Kier molecular flexibility index (Phi) is 8.44. The summed E-state index contributed by atoms with van der Waals surface area (Å²) >= 11 is 9.28. The minimum atomic E-state index is -0.892. The SMILES string of the molecule is COC(OC)C(=O)C(Cc1ccccc1Cl)=C(SC)SC. The number of ketones is 1. The van der Waals surface area contributed by atoms with E-state index in [2.05, 4.69) is 0 Å². The summed E-state index contributed by atoms with van der Waals surface area (Å²) in [5.74, 6) is -0.168. The van der Waals surface area contributed by atoms with Gasteiger partial charge in [-0.25, -0.2) is 0 Å². The van der Waals surface area contributed by atoms with Gasteiger partial charge < -0.3 is 9.47 Å². The normalized spacial score (nSPS) is 10.8. The number of hydrogen-bond acceptors (Lipinski definition) is 5. The number of hydrogen-bond donors (Lipinski definition) is 0. The van der Waals surface area contributed by atoms with E-state index in [0.29, 0.717) is 17.0 Å². The van der Waals surface area contributed by atoms with Crippen molar-refractivity contribution in [1.82, 2.24) is 0 Å². The first-order valence-corrected chi connectivity index (χ1v) is 9.06. The van der Waals surface area contributed by atoms with Gasteiger partial charge in [0.15, 0.2) is 0 Å². The van der Waals surface area contributed by atoms with Gasteiger partial charge in [-0.2, -0.15) is 0 Å². The molecular formula is C15H19ClO3S2. The molecule has 6 heteroatoms. The lowest BCUT2D eigenvalue weighted by Gasteiger charge is -2.17. The van der Waals surface area contributed by atoms with Gasteiger partial charge in [-0.3, -0.25) is 4.79 Å². The number of halogens is 1. The molecule has 0 unspecified atom stereocenters. The number of ether oxygens (including phenoxy) is 2. The number of Topliss-reactive ketones (excluding diaryl/α,β-unsaturated/α-hetero) is 1. The maximum atomic E-state index is 12.6. The second-order valence-corrected chi connectivity index (χ2v) is 6.41. The fraction of sp³-hybridized carbons (Fsp3) is 0.400. The summed E-state index contributed by atoms with van der Waals surface area (Å²) in [5.41, 5.74) is 1.57. The minimum Gasteiger partial charge on any atom is -0.349 e. The average molecular weight is 347 g/mol. The van der Waals surface area contributed by atoms with Gasteiger partial charge in [0.25, 0.3) is 0 Å². The van der Waals surface area contributed by atoms with E-state index in [9.17, 15) is 4.79 Å². The van der Waals surface area contributed by atoms with Crippen LogP contribution in [0.1, 0.15) is 5.56 Å². The summed E-state index contributed by atoms with van der Waals surface area (Å²) in [6.07, 6.45) is 3.45. The lowest BCUT2D eigenvalue weighted by molar-refractivity contribution is -0.152. The molecule has 1 aromatic rings. The van der Waals surface area contributed by atoms with E-state index in [-0.39, 0.29) is 5.78 Å². The monoisotopic (exact) mass is 346 g/mol. The fourth-order valence-corrected chi connectivity index (χ4v) is 3.58. The quantitative estimate of drug-likeness (QED) is 0.525. The van der Waals surface area contributed by atoms with Crippen molar-refractivity contribution in [2.24, 2.45) is 0 Å². The highest BCUT2D eigenvalue weighted by molar-refractivity contribution is 8.21. The lowest BCUT2D eigenvalue weighted by Crippen LogP contribution is -2.27. The molecule has 0 bridgehead atoms. The molecule has 0 atom stereocenters. The van der Waals surface area contributed by atoms with Crippen LogP contribution in [0.15, 0.2) is 34.1 Å². The number of rotatable bonds is 8. The van der Waals surface area contributed by atoms with Crippen molar-refractivity contribution in [3.63, 3.8) is 0 Å². The van der Waals surface area contributed by atoms with Gasteiger partial charge in [0.2, 0.25) is 12.1 Å². The molecule has 0 amide bonds. The van der Waals surface area contributed by atoms with Crippen LogP contribution < -0.4 is 0 Å². The Balaban J connectivity index is 3.19. The third-order valence-corrected chi connectivity index (χ3v) is 5.49. The highest BCUT2D eigenvalue weighted by Crippen LogP contribution is 2.32. The van der Waals surface area contributed by atoms with Crippen LogP contribution in [-0.2, 0) is 20.7 Å². The van der Waals surface area contributed by atoms with Crippen LogP contribution in [-0.4, -0.2) is 38.8 Å². The van der Waals surface area contributed by atoms with E-state index in [1.54, 1.807) is 0 Å². The van der Waals surface area contributed by atoms with E-state index in [0.717, 1.165) is 9.80 Å². The molecule has 0 radical (unpaired) electrons. The molecule has 1 aromatic carbocycles. The van der Waals surface area contributed by atoms with Gasteiger partial charge in [-0.1, -0.05) is 29.8 Å². The van der Waals surface area contributed by atoms with E-state index < -0.39 is 6.29 Å². The Hall–Kier alpha value is -0.460. The van der Waals surface area contributed by atoms with Gasteiger partial charge in [0, 0.05) is 35.5 Å². The molecular weight excluding hydrogens is 328 g/mol. The van der Waals surface area contributed by atoms with Crippen LogP contribution in [0.5, 0.6) is 0 Å². The van der Waals surface area contributed by atoms with Gasteiger partial charge in [0.1, 0.15) is 0 Å². The molecule has 21 heavy (non-hydrogen) atoms. The molecule has 0 N–H and O–H groups in total. The Bertz CT molecular complexity index is 507. The molecule has 0 aliphatic carbocycles. The number of carbonyl (C=O) groups excluding carboxylic acids is 1. The van der Waals surface area contributed by atoms with Crippen molar-refractivity contribution in [1.29, 1.82) is 0 Å². The summed E-state index contributed by atoms with van der Waals surface area (Å²) in [6.45, 7) is 0. The summed E-state index contributed by atoms with van der Waals surface area (Å²) in [6, 6.07) is 7.52. The first kappa shape index (κ1) is 18.6. The molecule has 0 spiro atoms. The van der Waals surface area contributed by atoms with Gasteiger partial charge in [0.05, 0.1) is 0 Å². The minimum absolute atomic E-state index is 0.168. The van der Waals surface area contributed by atoms with Gasteiger partial charge >= 0.3 is 0 Å². The van der Waals surface area contributed by atoms with Crippen LogP contribution in [0, 0.1) is 0 Å². The van der Waals surface area contributed by atoms with E-state index in [1.807, 2.05) is 36.8 Å². The van der Waals surface area contributed by atoms with Crippen LogP contribution in [0.25, 0.3) is 0 Å². The van der Waals surface area contributed by atoms with Crippen molar-refractivity contribution >= 4 is 40.9 Å². The Morgan fingerprint density at radius 3 is 2.24 bits per heavy atom. The molecule has 0 aliphatic rings. The highest BCUT2D eigenvalue weighted by Gasteiger charge is 2.25. The zero-order chi connectivity index (χ0) is 15.8. The van der Waals surface area contributed by atoms with Crippen molar-refractivity contribution in [3.05, 3.63) is 44.7 Å². The molecule has 0 aromatic heterocycles. The molecule has 116 valence electrons. The van der Waals surface area contributed by atoms with Gasteiger partial charge in [-0.05, 0) is 24.1 Å². The molecule has 0 aliphatic heterocycles. The zero-order valence-electron chi connectivity index (χ0n) is 12.5. The molecule has 0 saturated carbocycles. The molecule has 0 heterocycles. The van der Waals surface area contributed by atoms with Crippen LogP contribution in [0.3, 0.4) is 0 Å². The van der Waals surface area contributed by atoms with Gasteiger partial charge in [-0.15, -0.1) is 23.5 Å². The topological polar surface area (TPSA) is 35.5 Å². The van der Waals surface area contributed by atoms with E-state index in [1.165, 1.54) is 37.7 Å². The average Bonchev–Trinajstić information content (AvgIpc) is 2.50. The van der Waals surface area contributed by atoms with Crippen molar-refractivity contribution in [3.8, 4) is 0 Å². The Morgan fingerprint density at radius 1 is 1.19 bits per heavy atom. The van der Waals surface area contributed by atoms with E-state index in [4.69, 9.17) is 21.1 Å². The predicted molar refractivity (Wildman–Crippen MR) is 92.0 cm³/mol. The van der Waals surface area contributed by atoms with Crippen LogP contribution in [0.2, 0.25) is 5.02 Å².